The van der Waals surface area contributed by atoms with E-state index in [0.29, 0.717) is 30.1 Å². The van der Waals surface area contributed by atoms with Gasteiger partial charge in [-0.25, -0.2) is 8.42 Å². The number of hydrogen-bond donors (Lipinski definition) is 1. The number of esters is 1. The molecule has 0 saturated heterocycles. The number of carbonyl (C=O) groups excluding carboxylic acids is 2. The number of aromatic nitrogens is 1. The third-order valence-electron chi connectivity index (χ3n) is 4.72. The van der Waals surface area contributed by atoms with Gasteiger partial charge in [0.25, 0.3) is 5.91 Å². The van der Waals surface area contributed by atoms with Crippen molar-refractivity contribution in [1.29, 1.82) is 0 Å². The van der Waals surface area contributed by atoms with E-state index >= 15 is 0 Å². The summed E-state index contributed by atoms with van der Waals surface area (Å²) in [6, 6.07) is 4.05. The summed E-state index contributed by atoms with van der Waals surface area (Å²) >= 11 is 6.13. The number of sulfonamides is 1. The van der Waals surface area contributed by atoms with Gasteiger partial charge < -0.3 is 14.6 Å². The average molecular weight is 472 g/mol. The Morgan fingerprint density at radius 3 is 2.45 bits per heavy atom. The van der Waals surface area contributed by atoms with Crippen LogP contribution in [0.25, 0.3) is 0 Å². The normalized spacial score (nSPS) is 12.6. The summed E-state index contributed by atoms with van der Waals surface area (Å²) in [5.41, 5.74) is 1.29. The zero-order valence-corrected chi connectivity index (χ0v) is 19.6. The molecular weight excluding hydrogens is 446 g/mol. The van der Waals surface area contributed by atoms with Crippen molar-refractivity contribution in [2.45, 2.75) is 52.0 Å². The highest BCUT2D eigenvalue weighted by atomic mass is 35.5. The second-order valence-electron chi connectivity index (χ2n) is 6.83. The largest absolute Gasteiger partial charge is 0.452 e. The number of anilines is 1. The molecule has 2 aromatic rings. The zero-order valence-electron chi connectivity index (χ0n) is 18.1. The lowest BCUT2D eigenvalue weighted by Crippen LogP contribution is -2.31. The van der Waals surface area contributed by atoms with E-state index in [-0.39, 0.29) is 22.0 Å². The smallest absolute Gasteiger partial charge is 0.311 e. The van der Waals surface area contributed by atoms with Gasteiger partial charge in [-0.2, -0.15) is 4.31 Å². The molecule has 1 N–H and O–H groups in total. The van der Waals surface area contributed by atoms with Crippen LogP contribution >= 0.6 is 11.6 Å². The Labute approximate surface area is 186 Å². The molecule has 0 spiro atoms. The summed E-state index contributed by atoms with van der Waals surface area (Å²) in [6.45, 7) is 8.88. The van der Waals surface area contributed by atoms with Crippen molar-refractivity contribution in [3.05, 3.63) is 40.2 Å². The number of nitrogens with zero attached hydrogens (tertiary/aromatic N) is 2. The number of rotatable bonds is 9. The van der Waals surface area contributed by atoms with Crippen LogP contribution < -0.4 is 5.32 Å². The highest BCUT2D eigenvalue weighted by Crippen LogP contribution is 2.27. The van der Waals surface area contributed by atoms with Gasteiger partial charge in [-0.05, 0) is 39.0 Å². The summed E-state index contributed by atoms with van der Waals surface area (Å²) in [7, 11) is -3.73. The van der Waals surface area contributed by atoms with Crippen molar-refractivity contribution in [2.24, 2.45) is 0 Å². The van der Waals surface area contributed by atoms with E-state index in [2.05, 4.69) is 10.5 Å². The maximum Gasteiger partial charge on any atom is 0.311 e. The van der Waals surface area contributed by atoms with Gasteiger partial charge in [0, 0.05) is 18.7 Å². The Kier molecular flexibility index (Phi) is 8.21. The molecule has 1 heterocycles. The van der Waals surface area contributed by atoms with Crippen molar-refractivity contribution < 1.29 is 27.3 Å². The Morgan fingerprint density at radius 1 is 1.26 bits per heavy atom. The van der Waals surface area contributed by atoms with Crippen LogP contribution in [-0.2, 0) is 30.8 Å². The van der Waals surface area contributed by atoms with Crippen LogP contribution in [0.2, 0.25) is 5.02 Å². The molecule has 170 valence electrons. The van der Waals surface area contributed by atoms with E-state index in [1.54, 1.807) is 27.7 Å². The second kappa shape index (κ2) is 10.3. The number of aryl methyl sites for hydroxylation is 2. The van der Waals surface area contributed by atoms with Gasteiger partial charge in [-0.3, -0.25) is 9.59 Å². The van der Waals surface area contributed by atoms with Crippen molar-refractivity contribution in [1.82, 2.24) is 9.46 Å². The molecule has 0 bridgehead atoms. The van der Waals surface area contributed by atoms with Crippen LogP contribution in [0.3, 0.4) is 0 Å². The number of hydrogen-bond acceptors (Lipinski definition) is 7. The first kappa shape index (κ1) is 24.8. The number of nitrogens with one attached hydrogen (secondary N) is 1. The Hall–Kier alpha value is -2.43. The maximum atomic E-state index is 12.7. The fourth-order valence-electron chi connectivity index (χ4n) is 2.90. The Bertz CT molecular complexity index is 1040. The SMILES string of the molecule is CCN(CC)S(=O)(=O)c1ccc(Cl)c(NC(=O)C(C)OC(=O)Cc2c(C)noc2C)c1. The second-order valence-corrected chi connectivity index (χ2v) is 9.18. The first-order chi connectivity index (χ1) is 14.5. The van der Waals surface area contributed by atoms with Crippen molar-refractivity contribution >= 4 is 39.2 Å². The van der Waals surface area contributed by atoms with Gasteiger partial charge in [-0.1, -0.05) is 30.6 Å². The molecule has 1 aromatic carbocycles. The molecule has 1 amide bonds. The predicted molar refractivity (Wildman–Crippen MR) is 115 cm³/mol. The summed E-state index contributed by atoms with van der Waals surface area (Å²) in [4.78, 5) is 24.7. The van der Waals surface area contributed by atoms with Gasteiger partial charge >= 0.3 is 5.97 Å². The number of ether oxygens (including phenoxy) is 1. The number of halogens is 1. The summed E-state index contributed by atoms with van der Waals surface area (Å²) in [6.07, 6.45) is -1.22. The van der Waals surface area contributed by atoms with E-state index in [0.717, 1.165) is 0 Å². The van der Waals surface area contributed by atoms with Crippen LogP contribution in [-0.4, -0.2) is 48.9 Å². The topological polar surface area (TPSA) is 119 Å². The van der Waals surface area contributed by atoms with Gasteiger partial charge in [0.1, 0.15) is 5.76 Å². The van der Waals surface area contributed by atoms with E-state index in [1.807, 2.05) is 0 Å². The van der Waals surface area contributed by atoms with Gasteiger partial charge in [0.05, 0.1) is 27.7 Å². The highest BCUT2D eigenvalue weighted by Gasteiger charge is 2.25. The zero-order chi connectivity index (χ0) is 23.3. The van der Waals surface area contributed by atoms with Crippen molar-refractivity contribution in [2.75, 3.05) is 18.4 Å². The average Bonchev–Trinajstić information content (AvgIpc) is 3.02. The third-order valence-corrected chi connectivity index (χ3v) is 7.09. The molecule has 9 nitrogen and oxygen atoms in total. The number of benzene rings is 1. The van der Waals surface area contributed by atoms with Gasteiger partial charge in [-0.15, -0.1) is 0 Å². The first-order valence-electron chi connectivity index (χ1n) is 9.73. The van der Waals surface area contributed by atoms with Gasteiger partial charge in [0.15, 0.2) is 6.10 Å². The van der Waals surface area contributed by atoms with Crippen LogP contribution in [0.15, 0.2) is 27.6 Å². The summed E-state index contributed by atoms with van der Waals surface area (Å²) < 4.78 is 36.9. The molecule has 0 radical (unpaired) electrons. The molecule has 1 unspecified atom stereocenters. The van der Waals surface area contributed by atoms with Crippen LogP contribution in [0, 0.1) is 13.8 Å². The monoisotopic (exact) mass is 471 g/mol. The van der Waals surface area contributed by atoms with E-state index < -0.39 is 28.0 Å². The number of amides is 1. The molecule has 0 aliphatic carbocycles. The fourth-order valence-corrected chi connectivity index (χ4v) is 4.55. The minimum Gasteiger partial charge on any atom is -0.452 e. The van der Waals surface area contributed by atoms with E-state index in [9.17, 15) is 18.0 Å². The van der Waals surface area contributed by atoms with Crippen LogP contribution in [0.1, 0.15) is 37.8 Å². The minimum atomic E-state index is -3.73. The van der Waals surface area contributed by atoms with Crippen molar-refractivity contribution in [3.8, 4) is 0 Å². The molecule has 2 rings (SSSR count). The number of carbonyl (C=O) groups is 2. The van der Waals surface area contributed by atoms with Crippen LogP contribution in [0.5, 0.6) is 0 Å². The molecular formula is C20H26ClN3O6S. The molecule has 0 aliphatic rings. The molecule has 0 aliphatic heterocycles. The maximum absolute atomic E-state index is 12.7. The minimum absolute atomic E-state index is 0.000967. The third kappa shape index (κ3) is 5.84. The Balaban J connectivity index is 2.11. The molecule has 11 heteroatoms. The highest BCUT2D eigenvalue weighted by molar-refractivity contribution is 7.89. The molecule has 31 heavy (non-hydrogen) atoms. The molecule has 1 atom stereocenters. The first-order valence-corrected chi connectivity index (χ1v) is 11.5. The van der Waals surface area contributed by atoms with E-state index in [1.165, 1.54) is 29.4 Å². The lowest BCUT2D eigenvalue weighted by molar-refractivity contribution is -0.152. The fraction of sp³-hybridized carbons (Fsp3) is 0.450. The standard InChI is InChI=1S/C20H26ClN3O6S/c1-6-24(7-2)31(27,28)15-8-9-17(21)18(10-15)22-20(26)14(5)29-19(25)11-16-12(3)23-30-13(16)4/h8-10,14H,6-7,11H2,1-5H3,(H,22,26). The van der Waals surface area contributed by atoms with Crippen molar-refractivity contribution in [3.63, 3.8) is 0 Å². The lowest BCUT2D eigenvalue weighted by atomic mass is 10.1. The molecule has 0 saturated carbocycles. The van der Waals surface area contributed by atoms with Crippen LogP contribution in [0.4, 0.5) is 5.69 Å². The lowest BCUT2D eigenvalue weighted by Gasteiger charge is -2.19. The Morgan fingerprint density at radius 2 is 1.90 bits per heavy atom. The summed E-state index contributed by atoms with van der Waals surface area (Å²) in [5.74, 6) is -0.767. The van der Waals surface area contributed by atoms with E-state index in [4.69, 9.17) is 20.9 Å². The molecule has 1 aromatic heterocycles. The summed E-state index contributed by atoms with van der Waals surface area (Å²) in [5, 5.41) is 6.45. The van der Waals surface area contributed by atoms with Gasteiger partial charge in [0.2, 0.25) is 10.0 Å². The molecule has 0 fully saturated rings. The quantitative estimate of drug-likeness (QED) is 0.558. The predicted octanol–water partition coefficient (Wildman–Crippen LogP) is 3.09.